The first-order valence-electron chi connectivity index (χ1n) is 4.35. The Bertz CT molecular complexity index is 268. The number of halogens is 2. The molecule has 1 aromatic carbocycles. The lowest BCUT2D eigenvalue weighted by molar-refractivity contribution is 0.111. The molecule has 0 saturated carbocycles. The molecule has 14 heavy (non-hydrogen) atoms. The normalized spacial score (nSPS) is 10.1. The van der Waals surface area contributed by atoms with Crippen molar-refractivity contribution in [1.82, 2.24) is 0 Å². The van der Waals surface area contributed by atoms with Crippen LogP contribution in [0.5, 0.6) is 5.75 Å². The fourth-order valence-electron chi connectivity index (χ4n) is 0.929. The van der Waals surface area contributed by atoms with Crippen molar-refractivity contribution in [3.63, 3.8) is 0 Å². The van der Waals surface area contributed by atoms with Crippen LogP contribution in [0.25, 0.3) is 0 Å². The van der Waals surface area contributed by atoms with Gasteiger partial charge < -0.3 is 9.47 Å². The highest BCUT2D eigenvalue weighted by molar-refractivity contribution is 9.09. The highest BCUT2D eigenvalue weighted by Crippen LogP contribution is 2.14. The lowest BCUT2D eigenvalue weighted by Crippen LogP contribution is -2.08. The molecule has 1 rings (SSSR count). The van der Waals surface area contributed by atoms with Crippen molar-refractivity contribution < 1.29 is 13.9 Å². The van der Waals surface area contributed by atoms with Crippen LogP contribution in [0.2, 0.25) is 0 Å². The number of benzene rings is 1. The first kappa shape index (κ1) is 11.5. The van der Waals surface area contributed by atoms with E-state index in [0.29, 0.717) is 19.8 Å². The van der Waals surface area contributed by atoms with Gasteiger partial charge in [0.1, 0.15) is 6.61 Å². The zero-order valence-electron chi connectivity index (χ0n) is 7.71. The van der Waals surface area contributed by atoms with E-state index in [0.717, 1.165) is 5.33 Å². The Labute approximate surface area is 91.2 Å². The Kier molecular flexibility index (Phi) is 5.56. The molecule has 0 aliphatic carbocycles. The lowest BCUT2D eigenvalue weighted by atomic mass is 10.3. The van der Waals surface area contributed by atoms with Crippen LogP contribution in [0.4, 0.5) is 4.39 Å². The molecule has 0 heterocycles. The van der Waals surface area contributed by atoms with Crippen molar-refractivity contribution >= 4 is 15.9 Å². The monoisotopic (exact) mass is 262 g/mol. The van der Waals surface area contributed by atoms with E-state index in [4.69, 9.17) is 9.47 Å². The minimum atomic E-state index is -0.340. The molecular weight excluding hydrogens is 251 g/mol. The van der Waals surface area contributed by atoms with Crippen LogP contribution >= 0.6 is 15.9 Å². The maximum atomic E-state index is 13.0. The summed E-state index contributed by atoms with van der Waals surface area (Å²) >= 11 is 3.23. The molecule has 4 heteroatoms. The van der Waals surface area contributed by atoms with Gasteiger partial charge in [0.25, 0.3) is 0 Å². The van der Waals surface area contributed by atoms with E-state index in [2.05, 4.69) is 15.9 Å². The maximum absolute atomic E-state index is 13.0. The molecule has 2 nitrogen and oxygen atoms in total. The Morgan fingerprint density at radius 3 is 2.64 bits per heavy atom. The second kappa shape index (κ2) is 6.79. The van der Waals surface area contributed by atoms with Crippen LogP contribution < -0.4 is 4.74 Å². The SMILES string of the molecule is Fc1ccccc1OCCOCCBr. The second-order valence-corrected chi connectivity index (χ2v) is 3.37. The third-order valence-corrected chi connectivity index (χ3v) is 1.87. The topological polar surface area (TPSA) is 18.5 Å². The van der Waals surface area contributed by atoms with Gasteiger partial charge in [0.2, 0.25) is 0 Å². The number of hydrogen-bond acceptors (Lipinski definition) is 2. The molecule has 0 bridgehead atoms. The molecule has 0 radical (unpaired) electrons. The summed E-state index contributed by atoms with van der Waals surface area (Å²) in [6, 6.07) is 6.33. The van der Waals surface area contributed by atoms with E-state index in [1.807, 2.05) is 0 Å². The summed E-state index contributed by atoms with van der Waals surface area (Å²) in [6.07, 6.45) is 0. The molecule has 1 aromatic rings. The largest absolute Gasteiger partial charge is 0.488 e. The van der Waals surface area contributed by atoms with Crippen molar-refractivity contribution in [2.45, 2.75) is 0 Å². The van der Waals surface area contributed by atoms with Gasteiger partial charge in [-0.3, -0.25) is 0 Å². The van der Waals surface area contributed by atoms with Crippen molar-refractivity contribution in [1.29, 1.82) is 0 Å². The van der Waals surface area contributed by atoms with E-state index in [-0.39, 0.29) is 11.6 Å². The predicted molar refractivity (Wildman–Crippen MR) is 56.5 cm³/mol. The summed E-state index contributed by atoms with van der Waals surface area (Å²) in [7, 11) is 0. The van der Waals surface area contributed by atoms with Crippen molar-refractivity contribution in [2.24, 2.45) is 0 Å². The van der Waals surface area contributed by atoms with Gasteiger partial charge in [0.15, 0.2) is 11.6 Å². The minimum Gasteiger partial charge on any atom is -0.488 e. The van der Waals surface area contributed by atoms with Crippen LogP contribution in [0.3, 0.4) is 0 Å². The molecular formula is C10H12BrFO2. The van der Waals surface area contributed by atoms with Crippen LogP contribution in [-0.2, 0) is 4.74 Å². The summed E-state index contributed by atoms with van der Waals surface area (Å²) in [5, 5.41) is 0.798. The Morgan fingerprint density at radius 1 is 1.14 bits per heavy atom. The number of rotatable bonds is 6. The first-order chi connectivity index (χ1) is 6.84. The molecule has 0 spiro atoms. The van der Waals surface area contributed by atoms with Gasteiger partial charge in [-0.15, -0.1) is 0 Å². The van der Waals surface area contributed by atoms with Gasteiger partial charge in [0, 0.05) is 5.33 Å². The molecule has 0 atom stereocenters. The summed E-state index contributed by atoms with van der Waals surface area (Å²) < 4.78 is 23.3. The molecule has 0 aliphatic rings. The highest BCUT2D eigenvalue weighted by Gasteiger charge is 1.99. The predicted octanol–water partition coefficient (Wildman–Crippen LogP) is 2.62. The van der Waals surface area contributed by atoms with E-state index >= 15 is 0 Å². The molecule has 0 fully saturated rings. The quantitative estimate of drug-likeness (QED) is 0.580. The van der Waals surface area contributed by atoms with E-state index in [1.54, 1.807) is 18.2 Å². The van der Waals surface area contributed by atoms with Crippen molar-refractivity contribution in [3.05, 3.63) is 30.1 Å². The summed E-state index contributed by atoms with van der Waals surface area (Å²) in [5.74, 6) is -0.0667. The zero-order valence-corrected chi connectivity index (χ0v) is 9.30. The molecule has 0 aliphatic heterocycles. The summed E-state index contributed by atoms with van der Waals surface area (Å²) in [5.41, 5.74) is 0. The Morgan fingerprint density at radius 2 is 1.93 bits per heavy atom. The van der Waals surface area contributed by atoms with Crippen LogP contribution in [0.1, 0.15) is 0 Å². The standard InChI is InChI=1S/C10H12BrFO2/c11-5-6-13-7-8-14-10-4-2-1-3-9(10)12/h1-4H,5-8H2. The summed E-state index contributed by atoms with van der Waals surface area (Å²) in [6.45, 7) is 1.48. The summed E-state index contributed by atoms with van der Waals surface area (Å²) in [4.78, 5) is 0. The average molecular weight is 263 g/mol. The molecule has 0 saturated heterocycles. The highest BCUT2D eigenvalue weighted by atomic mass is 79.9. The van der Waals surface area contributed by atoms with Gasteiger partial charge in [-0.05, 0) is 12.1 Å². The smallest absolute Gasteiger partial charge is 0.165 e. The van der Waals surface area contributed by atoms with Gasteiger partial charge in [-0.2, -0.15) is 0 Å². The van der Waals surface area contributed by atoms with E-state index in [9.17, 15) is 4.39 Å². The van der Waals surface area contributed by atoms with E-state index in [1.165, 1.54) is 6.07 Å². The van der Waals surface area contributed by atoms with Gasteiger partial charge in [-0.25, -0.2) is 4.39 Å². The third-order valence-electron chi connectivity index (χ3n) is 1.54. The fourth-order valence-corrected chi connectivity index (χ4v) is 1.16. The number of ether oxygens (including phenoxy) is 2. The van der Waals surface area contributed by atoms with Crippen LogP contribution in [0, 0.1) is 5.82 Å². The van der Waals surface area contributed by atoms with Gasteiger partial charge in [0.05, 0.1) is 13.2 Å². The number of para-hydroxylation sites is 1. The van der Waals surface area contributed by atoms with Gasteiger partial charge >= 0.3 is 0 Å². The van der Waals surface area contributed by atoms with Crippen molar-refractivity contribution in [3.8, 4) is 5.75 Å². The van der Waals surface area contributed by atoms with Crippen LogP contribution in [0.15, 0.2) is 24.3 Å². The molecule has 0 aromatic heterocycles. The molecule has 0 unspecified atom stereocenters. The van der Waals surface area contributed by atoms with Crippen molar-refractivity contribution in [2.75, 3.05) is 25.2 Å². The van der Waals surface area contributed by atoms with Gasteiger partial charge in [-0.1, -0.05) is 28.1 Å². The Hall–Kier alpha value is -0.610. The Balaban J connectivity index is 2.21. The zero-order chi connectivity index (χ0) is 10.2. The van der Waals surface area contributed by atoms with Crippen LogP contribution in [-0.4, -0.2) is 25.2 Å². The molecule has 78 valence electrons. The van der Waals surface area contributed by atoms with E-state index < -0.39 is 0 Å². The fraction of sp³-hybridized carbons (Fsp3) is 0.400. The number of alkyl halides is 1. The third kappa shape index (κ3) is 4.07. The second-order valence-electron chi connectivity index (χ2n) is 2.58. The maximum Gasteiger partial charge on any atom is 0.165 e. The average Bonchev–Trinajstić information content (AvgIpc) is 2.20. The lowest BCUT2D eigenvalue weighted by Gasteiger charge is -2.06. The molecule has 0 N–H and O–H groups in total. The molecule has 0 amide bonds. The minimum absolute atomic E-state index is 0.273. The first-order valence-corrected chi connectivity index (χ1v) is 5.48. The number of hydrogen-bond donors (Lipinski definition) is 0.